The van der Waals surface area contributed by atoms with E-state index < -0.39 is 0 Å². The van der Waals surface area contributed by atoms with Crippen molar-refractivity contribution in [3.05, 3.63) is 22.4 Å². The topological polar surface area (TPSA) is 81.4 Å². The van der Waals surface area contributed by atoms with Crippen LogP contribution in [0.5, 0.6) is 0 Å². The number of morpholine rings is 1. The minimum absolute atomic E-state index is 0.280. The molecular weight excluding hydrogens is 358 g/mol. The lowest BCUT2D eigenvalue weighted by molar-refractivity contribution is 0.0389. The molecule has 1 aromatic heterocycles. The molecule has 21 heavy (non-hydrogen) atoms. The lowest BCUT2D eigenvalue weighted by Gasteiger charge is -2.26. The van der Waals surface area contributed by atoms with Crippen molar-refractivity contribution >= 4 is 39.2 Å². The van der Waals surface area contributed by atoms with Crippen molar-refractivity contribution in [3.8, 4) is 0 Å². The zero-order valence-electron chi connectivity index (χ0n) is 11.4. The van der Waals surface area contributed by atoms with Gasteiger partial charge in [0.15, 0.2) is 5.11 Å². The van der Waals surface area contributed by atoms with Gasteiger partial charge in [-0.25, -0.2) is 0 Å². The number of amides is 1. The van der Waals surface area contributed by atoms with E-state index in [0.717, 1.165) is 43.9 Å². The van der Waals surface area contributed by atoms with Crippen LogP contribution in [0.3, 0.4) is 0 Å². The van der Waals surface area contributed by atoms with E-state index in [2.05, 4.69) is 42.0 Å². The molecule has 7 nitrogen and oxygen atoms in total. The van der Waals surface area contributed by atoms with E-state index in [9.17, 15) is 4.79 Å². The Morgan fingerprint density at radius 1 is 1.43 bits per heavy atom. The van der Waals surface area contributed by atoms with Crippen LogP contribution in [0.25, 0.3) is 0 Å². The number of nitrogens with one attached hydrogen (secondary N) is 4. The molecule has 1 fully saturated rings. The summed E-state index contributed by atoms with van der Waals surface area (Å²) in [7, 11) is 0. The predicted octanol–water partition coefficient (Wildman–Crippen LogP) is 0.218. The molecule has 1 aliphatic heterocycles. The third-order valence-electron chi connectivity index (χ3n) is 3.00. The first kappa shape index (κ1) is 16.2. The Morgan fingerprint density at radius 3 is 2.86 bits per heavy atom. The van der Waals surface area contributed by atoms with Gasteiger partial charge in [-0.3, -0.25) is 20.5 Å². The highest BCUT2D eigenvalue weighted by Crippen LogP contribution is 2.09. The van der Waals surface area contributed by atoms with E-state index in [-0.39, 0.29) is 5.91 Å². The van der Waals surface area contributed by atoms with E-state index in [1.165, 1.54) is 0 Å². The summed E-state index contributed by atoms with van der Waals surface area (Å²) in [4.78, 5) is 16.9. The number of H-pyrrole nitrogens is 1. The zero-order chi connectivity index (χ0) is 15.1. The second-order valence-corrected chi connectivity index (χ2v) is 5.84. The van der Waals surface area contributed by atoms with Crippen molar-refractivity contribution in [2.75, 3.05) is 39.4 Å². The van der Waals surface area contributed by atoms with Crippen molar-refractivity contribution in [1.82, 2.24) is 26.1 Å². The van der Waals surface area contributed by atoms with E-state index >= 15 is 0 Å². The largest absolute Gasteiger partial charge is 0.379 e. The number of rotatable bonds is 4. The van der Waals surface area contributed by atoms with Gasteiger partial charge in [0.05, 0.1) is 13.2 Å². The van der Waals surface area contributed by atoms with Gasteiger partial charge in [-0.15, -0.1) is 0 Å². The summed E-state index contributed by atoms with van der Waals surface area (Å²) in [6.45, 7) is 5.06. The molecule has 0 saturated carbocycles. The molecule has 2 rings (SSSR count). The number of ether oxygens (including phenoxy) is 1. The second-order valence-electron chi connectivity index (χ2n) is 4.52. The number of thiocarbonyl (C=S) groups is 1. The molecule has 0 aliphatic carbocycles. The summed E-state index contributed by atoms with van der Waals surface area (Å²) >= 11 is 8.36. The van der Waals surface area contributed by atoms with Crippen molar-refractivity contribution in [1.29, 1.82) is 0 Å². The summed E-state index contributed by atoms with van der Waals surface area (Å²) in [5.74, 6) is -0.280. The average Bonchev–Trinajstić information content (AvgIpc) is 2.92. The number of hydrogen-bond donors (Lipinski definition) is 4. The van der Waals surface area contributed by atoms with Crippen molar-refractivity contribution < 1.29 is 9.53 Å². The van der Waals surface area contributed by atoms with E-state index in [4.69, 9.17) is 17.0 Å². The highest BCUT2D eigenvalue weighted by Gasteiger charge is 2.10. The first-order chi connectivity index (χ1) is 10.1. The van der Waals surface area contributed by atoms with Crippen LogP contribution in [-0.2, 0) is 4.74 Å². The molecule has 4 N–H and O–H groups in total. The quantitative estimate of drug-likeness (QED) is 0.445. The van der Waals surface area contributed by atoms with E-state index in [0.29, 0.717) is 10.8 Å². The normalized spacial score (nSPS) is 15.5. The number of nitrogens with zero attached hydrogens (tertiary/aromatic N) is 1. The number of aromatic nitrogens is 1. The maximum absolute atomic E-state index is 11.7. The highest BCUT2D eigenvalue weighted by atomic mass is 79.9. The van der Waals surface area contributed by atoms with Gasteiger partial charge in [-0.05, 0) is 34.2 Å². The van der Waals surface area contributed by atoms with Gasteiger partial charge in [-0.1, -0.05) is 0 Å². The van der Waals surface area contributed by atoms with Crippen LogP contribution < -0.4 is 16.2 Å². The number of halogens is 1. The molecule has 1 amide bonds. The van der Waals surface area contributed by atoms with Gasteiger partial charge in [0.1, 0.15) is 5.69 Å². The molecule has 1 aromatic rings. The fourth-order valence-electron chi connectivity index (χ4n) is 1.88. The van der Waals surface area contributed by atoms with Crippen molar-refractivity contribution in [2.24, 2.45) is 0 Å². The summed E-state index contributed by atoms with van der Waals surface area (Å²) in [6.07, 6.45) is 1.69. The third kappa shape index (κ3) is 5.62. The predicted molar refractivity (Wildman–Crippen MR) is 87.0 cm³/mol. The highest BCUT2D eigenvalue weighted by molar-refractivity contribution is 9.10. The lowest BCUT2D eigenvalue weighted by atomic mass is 10.4. The molecule has 0 unspecified atom stereocenters. The first-order valence-electron chi connectivity index (χ1n) is 6.63. The van der Waals surface area contributed by atoms with Crippen molar-refractivity contribution in [3.63, 3.8) is 0 Å². The zero-order valence-corrected chi connectivity index (χ0v) is 13.8. The second kappa shape index (κ2) is 8.32. The van der Waals surface area contributed by atoms with Gasteiger partial charge < -0.3 is 15.0 Å². The maximum Gasteiger partial charge on any atom is 0.286 e. The Balaban J connectivity index is 1.60. The Morgan fingerprint density at radius 2 is 2.19 bits per heavy atom. The molecule has 0 spiro atoms. The van der Waals surface area contributed by atoms with Gasteiger partial charge >= 0.3 is 0 Å². The molecule has 116 valence electrons. The summed E-state index contributed by atoms with van der Waals surface area (Å²) in [6, 6.07) is 1.69. The number of aromatic amines is 1. The number of hydrazine groups is 1. The van der Waals surface area contributed by atoms with Gasteiger partial charge in [-0.2, -0.15) is 0 Å². The molecule has 0 atom stereocenters. The summed E-state index contributed by atoms with van der Waals surface area (Å²) in [5, 5.41) is 3.44. The van der Waals surface area contributed by atoms with Gasteiger partial charge in [0.25, 0.3) is 5.91 Å². The van der Waals surface area contributed by atoms with Gasteiger partial charge in [0, 0.05) is 36.8 Å². The minimum Gasteiger partial charge on any atom is -0.379 e. The van der Waals surface area contributed by atoms with E-state index in [1.54, 1.807) is 12.3 Å². The molecule has 0 aromatic carbocycles. The first-order valence-corrected chi connectivity index (χ1v) is 7.83. The molecule has 2 heterocycles. The van der Waals surface area contributed by atoms with Gasteiger partial charge in [0.2, 0.25) is 0 Å². The fraction of sp³-hybridized carbons (Fsp3) is 0.500. The van der Waals surface area contributed by atoms with Crippen LogP contribution in [0.1, 0.15) is 10.5 Å². The summed E-state index contributed by atoms with van der Waals surface area (Å²) < 4.78 is 6.10. The molecule has 0 radical (unpaired) electrons. The van der Waals surface area contributed by atoms with Crippen LogP contribution in [0, 0.1) is 0 Å². The number of carbonyl (C=O) groups excluding carboxylic acids is 1. The summed E-state index contributed by atoms with van der Waals surface area (Å²) in [5.41, 5.74) is 5.64. The smallest absolute Gasteiger partial charge is 0.286 e. The Labute approximate surface area is 136 Å². The van der Waals surface area contributed by atoms with Crippen molar-refractivity contribution in [2.45, 2.75) is 0 Å². The Hall–Kier alpha value is -1.16. The van der Waals surface area contributed by atoms with Crippen LogP contribution in [0.15, 0.2) is 16.7 Å². The monoisotopic (exact) mass is 375 g/mol. The standard InChI is InChI=1S/C12H18BrN5O2S/c13-9-7-10(15-8-9)11(19)16-17-12(21)14-1-2-18-3-5-20-6-4-18/h7-8,15H,1-6H2,(H,16,19)(H2,14,17,21). The molecule has 9 heteroatoms. The van der Waals surface area contributed by atoms with Crippen LogP contribution in [0.2, 0.25) is 0 Å². The number of hydrogen-bond acceptors (Lipinski definition) is 4. The minimum atomic E-state index is -0.280. The fourth-order valence-corrected chi connectivity index (χ4v) is 2.37. The Bertz CT molecular complexity index is 490. The van der Waals surface area contributed by atoms with Crippen LogP contribution in [0.4, 0.5) is 0 Å². The SMILES string of the molecule is O=C(NNC(=S)NCCN1CCOCC1)c1cc(Br)c[nH]1. The lowest BCUT2D eigenvalue weighted by Crippen LogP contribution is -2.49. The third-order valence-corrected chi connectivity index (χ3v) is 3.70. The molecule has 1 saturated heterocycles. The molecule has 1 aliphatic rings. The molecule has 0 bridgehead atoms. The van der Waals surface area contributed by atoms with E-state index in [1.807, 2.05) is 0 Å². The van der Waals surface area contributed by atoms with Crippen LogP contribution in [-0.4, -0.2) is 60.3 Å². The number of carbonyl (C=O) groups is 1. The average molecular weight is 376 g/mol. The maximum atomic E-state index is 11.7. The molecular formula is C12H18BrN5O2S. The Kier molecular flexibility index (Phi) is 6.43. The van der Waals surface area contributed by atoms with Crippen LogP contribution >= 0.6 is 28.1 Å².